The highest BCUT2D eigenvalue weighted by molar-refractivity contribution is 6.76. The fourth-order valence-electron chi connectivity index (χ4n) is 5.35. The van der Waals surface area contributed by atoms with Crippen molar-refractivity contribution in [3.05, 3.63) is 114 Å². The molecule has 3 aromatic carbocycles. The SMILES string of the molecule is CC(C)Cc1nc(-c2nc(Oc3ccccc3)cc(Oc3ccccc3)n2)c(CN(Cc2ccccc2)C(C)C)n1COCC[Si](C)(C)C. The third-order valence-corrected chi connectivity index (χ3v) is 9.80. The fraction of sp³-hybridized carbons (Fsp3) is 0.375. The maximum absolute atomic E-state index is 6.42. The summed E-state index contributed by atoms with van der Waals surface area (Å²) in [6.45, 7) is 18.6. The van der Waals surface area contributed by atoms with Crippen LogP contribution in [0.15, 0.2) is 97.1 Å². The van der Waals surface area contributed by atoms with Gasteiger partial charge < -0.3 is 18.8 Å². The van der Waals surface area contributed by atoms with Crippen LogP contribution in [0.3, 0.4) is 0 Å². The normalized spacial score (nSPS) is 11.9. The molecule has 0 bridgehead atoms. The lowest BCUT2D eigenvalue weighted by Crippen LogP contribution is -2.31. The van der Waals surface area contributed by atoms with Crippen molar-refractivity contribution in [1.82, 2.24) is 24.4 Å². The van der Waals surface area contributed by atoms with Gasteiger partial charge >= 0.3 is 0 Å². The van der Waals surface area contributed by atoms with E-state index in [1.807, 2.05) is 60.7 Å². The van der Waals surface area contributed by atoms with Crippen LogP contribution in [-0.2, 0) is 31.0 Å². The van der Waals surface area contributed by atoms with Gasteiger partial charge in [0, 0.05) is 40.2 Å². The Balaban J connectivity index is 1.62. The van der Waals surface area contributed by atoms with E-state index in [9.17, 15) is 0 Å². The van der Waals surface area contributed by atoms with E-state index in [1.54, 1.807) is 6.07 Å². The summed E-state index contributed by atoms with van der Waals surface area (Å²) in [5.41, 5.74) is 2.97. The molecule has 8 nitrogen and oxygen atoms in total. The van der Waals surface area contributed by atoms with Crippen molar-refractivity contribution in [3.8, 4) is 34.8 Å². The molecule has 5 rings (SSSR count). The van der Waals surface area contributed by atoms with Crippen molar-refractivity contribution in [2.75, 3.05) is 6.61 Å². The Morgan fingerprint density at radius 3 is 1.78 bits per heavy atom. The molecule has 49 heavy (non-hydrogen) atoms. The number of rotatable bonds is 17. The second-order valence-electron chi connectivity index (χ2n) is 14.4. The number of nitrogens with zero attached hydrogens (tertiary/aromatic N) is 5. The lowest BCUT2D eigenvalue weighted by molar-refractivity contribution is 0.0797. The largest absolute Gasteiger partial charge is 0.439 e. The smallest absolute Gasteiger partial charge is 0.226 e. The van der Waals surface area contributed by atoms with Crippen LogP contribution in [0.25, 0.3) is 11.5 Å². The van der Waals surface area contributed by atoms with Gasteiger partial charge in [-0.05, 0) is 55.6 Å². The Hall–Kier alpha value is -4.31. The minimum atomic E-state index is -1.26. The van der Waals surface area contributed by atoms with Crippen molar-refractivity contribution < 1.29 is 14.2 Å². The fourth-order valence-corrected chi connectivity index (χ4v) is 6.11. The summed E-state index contributed by atoms with van der Waals surface area (Å²) < 4.78 is 21.2. The highest BCUT2D eigenvalue weighted by Crippen LogP contribution is 2.32. The van der Waals surface area contributed by atoms with E-state index >= 15 is 0 Å². The summed E-state index contributed by atoms with van der Waals surface area (Å²) >= 11 is 0. The third kappa shape index (κ3) is 10.8. The molecule has 2 heterocycles. The van der Waals surface area contributed by atoms with Gasteiger partial charge in [-0.3, -0.25) is 4.90 Å². The van der Waals surface area contributed by atoms with E-state index < -0.39 is 8.07 Å². The van der Waals surface area contributed by atoms with Crippen LogP contribution in [0.2, 0.25) is 25.7 Å². The van der Waals surface area contributed by atoms with Crippen LogP contribution in [0.4, 0.5) is 0 Å². The Labute approximate surface area is 293 Å². The summed E-state index contributed by atoms with van der Waals surface area (Å²) in [7, 11) is -1.26. The van der Waals surface area contributed by atoms with E-state index in [1.165, 1.54) is 5.56 Å². The predicted molar refractivity (Wildman–Crippen MR) is 200 cm³/mol. The highest BCUT2D eigenvalue weighted by Gasteiger charge is 2.26. The number of imidazole rings is 1. The first kappa shape index (κ1) is 36.0. The molecule has 0 aliphatic carbocycles. The molecule has 0 radical (unpaired) electrons. The van der Waals surface area contributed by atoms with Gasteiger partial charge in [0.25, 0.3) is 0 Å². The number of para-hydroxylation sites is 2. The molecule has 0 saturated carbocycles. The number of hydrogen-bond donors (Lipinski definition) is 0. The van der Waals surface area contributed by atoms with Gasteiger partial charge in [-0.15, -0.1) is 0 Å². The second-order valence-corrected chi connectivity index (χ2v) is 20.0. The monoisotopic (exact) mass is 677 g/mol. The molecule has 5 aromatic rings. The molecule has 0 fully saturated rings. The molecule has 0 amide bonds. The Bertz CT molecular complexity index is 1680. The van der Waals surface area contributed by atoms with Crippen LogP contribution in [-0.4, -0.2) is 45.1 Å². The molecule has 0 aliphatic rings. The molecule has 258 valence electrons. The first-order chi connectivity index (χ1) is 23.5. The zero-order chi connectivity index (χ0) is 34.8. The number of aromatic nitrogens is 4. The number of hydrogen-bond acceptors (Lipinski definition) is 7. The summed E-state index contributed by atoms with van der Waals surface area (Å²) in [6.07, 6.45) is 0.790. The average Bonchev–Trinajstić information content (AvgIpc) is 3.39. The number of ether oxygens (including phenoxy) is 3. The van der Waals surface area contributed by atoms with E-state index in [0.717, 1.165) is 30.5 Å². The van der Waals surface area contributed by atoms with Crippen molar-refractivity contribution >= 4 is 8.07 Å². The van der Waals surface area contributed by atoms with Gasteiger partial charge in [0.1, 0.15) is 29.7 Å². The van der Waals surface area contributed by atoms with Crippen LogP contribution in [0.1, 0.15) is 44.8 Å². The minimum Gasteiger partial charge on any atom is -0.439 e. The topological polar surface area (TPSA) is 74.5 Å². The van der Waals surface area contributed by atoms with Crippen LogP contribution in [0.5, 0.6) is 23.3 Å². The molecular weight excluding hydrogens is 627 g/mol. The van der Waals surface area contributed by atoms with Gasteiger partial charge in [0.15, 0.2) is 5.82 Å². The third-order valence-electron chi connectivity index (χ3n) is 8.09. The van der Waals surface area contributed by atoms with Gasteiger partial charge in [-0.25, -0.2) is 4.98 Å². The van der Waals surface area contributed by atoms with Gasteiger partial charge in [-0.1, -0.05) is 100 Å². The van der Waals surface area contributed by atoms with Crippen LogP contribution < -0.4 is 9.47 Å². The standard InChI is InChI=1S/C40H51N5O3Si/c1-30(2)25-36-41-39(40-42-37(47-33-19-13-9-14-20-33)26-38(43-40)48-34-21-15-10-16-22-34)35(45(36)29-46-23-24-49(5,6)7)28-44(31(3)4)27-32-17-11-8-12-18-32/h8-22,26,30-31H,23-25,27-29H2,1-7H3. The molecule has 0 unspecified atom stereocenters. The molecule has 0 N–H and O–H groups in total. The quantitative estimate of drug-likeness (QED) is 0.0716. The molecular formula is C40H51N5O3Si. The van der Waals surface area contributed by atoms with Gasteiger partial charge in [-0.2, -0.15) is 9.97 Å². The molecule has 0 aliphatic heterocycles. The van der Waals surface area contributed by atoms with E-state index in [4.69, 9.17) is 29.2 Å². The van der Waals surface area contributed by atoms with Crippen LogP contribution in [0, 0.1) is 5.92 Å². The minimum absolute atomic E-state index is 0.267. The van der Waals surface area contributed by atoms with Crippen molar-refractivity contribution in [2.24, 2.45) is 5.92 Å². The summed E-state index contributed by atoms with van der Waals surface area (Å²) in [6, 6.07) is 33.0. The Morgan fingerprint density at radius 2 is 1.27 bits per heavy atom. The Morgan fingerprint density at radius 1 is 0.714 bits per heavy atom. The lowest BCUT2D eigenvalue weighted by atomic mass is 10.1. The molecule has 2 aromatic heterocycles. The molecule has 0 atom stereocenters. The van der Waals surface area contributed by atoms with Crippen molar-refractivity contribution in [3.63, 3.8) is 0 Å². The van der Waals surface area contributed by atoms with Gasteiger partial charge in [0.2, 0.25) is 11.8 Å². The molecule has 9 heteroatoms. The molecule has 0 saturated heterocycles. The summed E-state index contributed by atoms with van der Waals surface area (Å²) in [5, 5.41) is 0. The Kier molecular flexibility index (Phi) is 12.4. The first-order valence-electron chi connectivity index (χ1n) is 17.3. The molecule has 0 spiro atoms. The van der Waals surface area contributed by atoms with E-state index in [-0.39, 0.29) is 6.04 Å². The maximum atomic E-state index is 6.42. The predicted octanol–water partition coefficient (Wildman–Crippen LogP) is 9.85. The van der Waals surface area contributed by atoms with E-state index in [2.05, 4.69) is 87.1 Å². The summed E-state index contributed by atoms with van der Waals surface area (Å²) in [4.78, 5) is 17.7. The van der Waals surface area contributed by atoms with Crippen LogP contribution >= 0.6 is 0 Å². The van der Waals surface area contributed by atoms with Crippen molar-refractivity contribution in [2.45, 2.75) is 85.7 Å². The average molecular weight is 678 g/mol. The number of benzene rings is 3. The first-order valence-corrected chi connectivity index (χ1v) is 21.0. The maximum Gasteiger partial charge on any atom is 0.226 e. The van der Waals surface area contributed by atoms with Crippen molar-refractivity contribution in [1.29, 1.82) is 0 Å². The second kappa shape index (κ2) is 16.9. The van der Waals surface area contributed by atoms with E-state index in [0.29, 0.717) is 60.6 Å². The lowest BCUT2D eigenvalue weighted by Gasteiger charge is -2.28. The summed E-state index contributed by atoms with van der Waals surface area (Å²) in [5.74, 6) is 3.90. The highest BCUT2D eigenvalue weighted by atomic mass is 28.3. The van der Waals surface area contributed by atoms with Gasteiger partial charge in [0.05, 0.1) is 11.8 Å². The zero-order valence-electron chi connectivity index (χ0n) is 30.1. The zero-order valence-corrected chi connectivity index (χ0v) is 31.1.